The number of nitrogens with one attached hydrogen (secondary N) is 1. The van der Waals surface area contributed by atoms with Gasteiger partial charge in [-0.25, -0.2) is 9.18 Å². The molecule has 1 aromatic carbocycles. The van der Waals surface area contributed by atoms with Crippen LogP contribution >= 0.6 is 11.6 Å². The Hall–Kier alpha value is -1.55. The van der Waals surface area contributed by atoms with Crippen molar-refractivity contribution in [2.75, 3.05) is 0 Å². The molecule has 0 spiro atoms. The van der Waals surface area contributed by atoms with Gasteiger partial charge in [-0.15, -0.1) is 0 Å². The highest BCUT2D eigenvalue weighted by Gasteiger charge is 2.08. The Balaban J connectivity index is 2.69. The molecule has 3 nitrogen and oxygen atoms in total. The Morgan fingerprint density at radius 3 is 2.86 bits per heavy atom. The fraction of sp³-hybridized carbons (Fsp3) is 0. The fourth-order valence-electron chi connectivity index (χ4n) is 1.19. The van der Waals surface area contributed by atoms with Gasteiger partial charge in [0.15, 0.2) is 5.82 Å². The van der Waals surface area contributed by atoms with E-state index in [4.69, 9.17) is 11.6 Å². The van der Waals surface area contributed by atoms with Gasteiger partial charge in [0.2, 0.25) is 0 Å². The average Bonchev–Trinajstić information content (AvgIpc) is 2.57. The molecular formula is C9H6ClFN2O. The van der Waals surface area contributed by atoms with Crippen molar-refractivity contribution in [2.45, 2.75) is 0 Å². The second kappa shape index (κ2) is 3.31. The van der Waals surface area contributed by atoms with E-state index in [-0.39, 0.29) is 10.7 Å². The lowest BCUT2D eigenvalue weighted by atomic mass is 10.3. The van der Waals surface area contributed by atoms with E-state index in [1.54, 1.807) is 6.07 Å². The van der Waals surface area contributed by atoms with Crippen LogP contribution in [-0.2, 0) is 0 Å². The predicted molar refractivity (Wildman–Crippen MR) is 51.4 cm³/mol. The summed E-state index contributed by atoms with van der Waals surface area (Å²) in [6.07, 6.45) is 2.87. The number of nitrogens with zero attached hydrogens (tertiary/aromatic N) is 1. The van der Waals surface area contributed by atoms with Crippen LogP contribution in [0.25, 0.3) is 5.69 Å². The topological polar surface area (TPSA) is 37.8 Å². The van der Waals surface area contributed by atoms with Crippen LogP contribution in [0.1, 0.15) is 0 Å². The van der Waals surface area contributed by atoms with Gasteiger partial charge in [-0.1, -0.05) is 17.7 Å². The molecule has 0 atom stereocenters. The smallest absolute Gasteiger partial charge is 0.312 e. The minimum absolute atomic E-state index is 0.00407. The zero-order valence-electron chi connectivity index (χ0n) is 7.00. The summed E-state index contributed by atoms with van der Waals surface area (Å²) in [4.78, 5) is 13.6. The standard InChI is InChI=1S/C9H6ClFN2O/c10-6-2-1-3-7(8(6)11)13-5-4-12-9(13)14/h1-5H,(H,12,14). The molecule has 1 heterocycles. The third-order valence-electron chi connectivity index (χ3n) is 1.84. The van der Waals surface area contributed by atoms with E-state index in [1.165, 1.54) is 24.5 Å². The van der Waals surface area contributed by atoms with Crippen LogP contribution in [-0.4, -0.2) is 9.55 Å². The highest BCUT2D eigenvalue weighted by atomic mass is 35.5. The van der Waals surface area contributed by atoms with Crippen molar-refractivity contribution in [1.29, 1.82) is 0 Å². The summed E-state index contributed by atoms with van der Waals surface area (Å²) < 4.78 is 14.6. The monoisotopic (exact) mass is 212 g/mol. The molecule has 0 amide bonds. The lowest BCUT2D eigenvalue weighted by Gasteiger charge is -2.03. The zero-order valence-corrected chi connectivity index (χ0v) is 7.75. The Labute approximate surface area is 83.8 Å². The maximum Gasteiger partial charge on any atom is 0.330 e. The largest absolute Gasteiger partial charge is 0.330 e. The molecule has 2 aromatic rings. The van der Waals surface area contributed by atoms with Crippen molar-refractivity contribution in [1.82, 2.24) is 9.55 Å². The Kier molecular flexibility index (Phi) is 2.13. The van der Waals surface area contributed by atoms with Crippen molar-refractivity contribution in [3.63, 3.8) is 0 Å². The first kappa shape index (κ1) is 9.02. The van der Waals surface area contributed by atoms with Crippen molar-refractivity contribution >= 4 is 11.6 Å². The van der Waals surface area contributed by atoms with Crippen molar-refractivity contribution in [3.8, 4) is 5.69 Å². The van der Waals surface area contributed by atoms with Gasteiger partial charge >= 0.3 is 5.69 Å². The Morgan fingerprint density at radius 2 is 2.21 bits per heavy atom. The molecule has 5 heteroatoms. The number of imidazole rings is 1. The van der Waals surface area contributed by atoms with Gasteiger partial charge < -0.3 is 4.98 Å². The summed E-state index contributed by atoms with van der Waals surface area (Å²) >= 11 is 5.58. The van der Waals surface area contributed by atoms with Gasteiger partial charge in [0, 0.05) is 12.4 Å². The van der Waals surface area contributed by atoms with E-state index in [2.05, 4.69) is 4.98 Å². The van der Waals surface area contributed by atoms with Gasteiger partial charge in [-0.05, 0) is 12.1 Å². The van der Waals surface area contributed by atoms with Gasteiger partial charge in [-0.3, -0.25) is 4.57 Å². The molecule has 14 heavy (non-hydrogen) atoms. The summed E-state index contributed by atoms with van der Waals surface area (Å²) in [7, 11) is 0. The van der Waals surface area contributed by atoms with E-state index in [1.807, 2.05) is 0 Å². The summed E-state index contributed by atoms with van der Waals surface area (Å²) in [5.41, 5.74) is -0.255. The van der Waals surface area contributed by atoms with E-state index in [0.717, 1.165) is 4.57 Å². The SMILES string of the molecule is O=c1[nH]ccn1-c1cccc(Cl)c1F. The lowest BCUT2D eigenvalue weighted by molar-refractivity contribution is 0.617. The van der Waals surface area contributed by atoms with Crippen LogP contribution < -0.4 is 5.69 Å². The third-order valence-corrected chi connectivity index (χ3v) is 2.13. The molecular weight excluding hydrogens is 207 g/mol. The number of halogens is 2. The summed E-state index contributed by atoms with van der Waals surface area (Å²) in [6, 6.07) is 4.49. The normalized spacial score (nSPS) is 10.4. The molecule has 2 rings (SSSR count). The van der Waals surface area contributed by atoms with Crippen molar-refractivity contribution in [2.24, 2.45) is 0 Å². The molecule has 1 aromatic heterocycles. The second-order valence-electron chi connectivity index (χ2n) is 2.71. The lowest BCUT2D eigenvalue weighted by Crippen LogP contribution is -2.15. The highest BCUT2D eigenvalue weighted by molar-refractivity contribution is 6.30. The highest BCUT2D eigenvalue weighted by Crippen LogP contribution is 2.19. The second-order valence-corrected chi connectivity index (χ2v) is 3.12. The minimum Gasteiger partial charge on any atom is -0.312 e. The van der Waals surface area contributed by atoms with Crippen molar-refractivity contribution in [3.05, 3.63) is 51.9 Å². The van der Waals surface area contributed by atoms with Crippen LogP contribution in [0, 0.1) is 5.82 Å². The van der Waals surface area contributed by atoms with Crippen LogP contribution in [0.4, 0.5) is 4.39 Å². The number of aromatic nitrogens is 2. The van der Waals surface area contributed by atoms with Crippen LogP contribution in [0.15, 0.2) is 35.4 Å². The van der Waals surface area contributed by atoms with Crippen LogP contribution in [0.5, 0.6) is 0 Å². The molecule has 0 radical (unpaired) electrons. The molecule has 0 bridgehead atoms. The molecule has 0 unspecified atom stereocenters. The quantitative estimate of drug-likeness (QED) is 0.771. The third kappa shape index (κ3) is 1.33. The van der Waals surface area contributed by atoms with Gasteiger partial charge in [-0.2, -0.15) is 0 Å². The van der Waals surface area contributed by atoms with E-state index in [0.29, 0.717) is 0 Å². The molecule has 1 N–H and O–H groups in total. The van der Waals surface area contributed by atoms with E-state index >= 15 is 0 Å². The fourth-order valence-corrected chi connectivity index (χ4v) is 1.36. The number of rotatable bonds is 1. The number of hydrogen-bond donors (Lipinski definition) is 1. The molecule has 72 valence electrons. The van der Waals surface area contributed by atoms with Gasteiger partial charge in [0.05, 0.1) is 10.7 Å². The van der Waals surface area contributed by atoms with Gasteiger partial charge in [0.25, 0.3) is 0 Å². The first-order chi connectivity index (χ1) is 6.70. The maximum atomic E-state index is 13.4. The Bertz CT molecular complexity index is 518. The minimum atomic E-state index is -0.601. The first-order valence-corrected chi connectivity index (χ1v) is 4.28. The zero-order chi connectivity index (χ0) is 10.1. The molecule has 0 saturated heterocycles. The van der Waals surface area contributed by atoms with Crippen molar-refractivity contribution < 1.29 is 4.39 Å². The average molecular weight is 213 g/mol. The number of hydrogen-bond acceptors (Lipinski definition) is 1. The molecule has 0 aliphatic rings. The first-order valence-electron chi connectivity index (χ1n) is 3.90. The van der Waals surface area contributed by atoms with E-state index in [9.17, 15) is 9.18 Å². The maximum absolute atomic E-state index is 13.4. The van der Waals surface area contributed by atoms with Crippen LogP contribution in [0.3, 0.4) is 0 Å². The van der Waals surface area contributed by atoms with E-state index < -0.39 is 11.5 Å². The number of aromatic amines is 1. The Morgan fingerprint density at radius 1 is 1.43 bits per heavy atom. The molecule has 0 saturated carbocycles. The predicted octanol–water partition coefficient (Wildman–Crippen LogP) is 1.96. The van der Waals surface area contributed by atoms with Crippen LogP contribution in [0.2, 0.25) is 5.02 Å². The number of H-pyrrole nitrogens is 1. The number of benzene rings is 1. The summed E-state index contributed by atoms with van der Waals surface area (Å²) in [5, 5.41) is -0.00407. The summed E-state index contributed by atoms with van der Waals surface area (Å²) in [6.45, 7) is 0. The molecule has 0 aliphatic heterocycles. The van der Waals surface area contributed by atoms with Gasteiger partial charge in [0.1, 0.15) is 0 Å². The molecule has 0 fully saturated rings. The molecule has 0 aliphatic carbocycles. The summed E-state index contributed by atoms with van der Waals surface area (Å²) in [5.74, 6) is -0.601.